The first kappa shape index (κ1) is 24.3. The van der Waals surface area contributed by atoms with Gasteiger partial charge >= 0.3 is 0 Å². The summed E-state index contributed by atoms with van der Waals surface area (Å²) in [4.78, 5) is 25.7. The third-order valence-corrected chi connectivity index (χ3v) is 11.6. The molecule has 0 saturated heterocycles. The van der Waals surface area contributed by atoms with Gasteiger partial charge in [0.25, 0.3) is 0 Å². The number of ether oxygens (including phenoxy) is 2. The van der Waals surface area contributed by atoms with E-state index in [4.69, 9.17) is 9.47 Å². The molecule has 3 unspecified atom stereocenters. The van der Waals surface area contributed by atoms with Crippen molar-refractivity contribution in [3.8, 4) is 0 Å². The van der Waals surface area contributed by atoms with E-state index < -0.39 is 26.9 Å². The van der Waals surface area contributed by atoms with Crippen LogP contribution in [0.15, 0.2) is 23.8 Å². The molecule has 4 aliphatic carbocycles. The van der Waals surface area contributed by atoms with E-state index >= 15 is 0 Å². The molecule has 0 aromatic heterocycles. The second kappa shape index (κ2) is 7.86. The number of hydrogen-bond acceptors (Lipinski definition) is 5. The summed E-state index contributed by atoms with van der Waals surface area (Å²) in [6.45, 7) is 10.6. The van der Waals surface area contributed by atoms with Crippen LogP contribution in [0.3, 0.4) is 0 Å². The van der Waals surface area contributed by atoms with Crippen molar-refractivity contribution in [3.63, 3.8) is 0 Å². The Morgan fingerprint density at radius 1 is 1.25 bits per heavy atom. The molecule has 3 fully saturated rings. The molecule has 3 saturated carbocycles. The largest absolute Gasteiger partial charge is 0.392 e. The number of allylic oxidation sites excluding steroid dienone is 4. The van der Waals surface area contributed by atoms with Crippen molar-refractivity contribution in [3.05, 3.63) is 23.8 Å². The van der Waals surface area contributed by atoms with Gasteiger partial charge in [0.1, 0.15) is 12.4 Å². The van der Waals surface area contributed by atoms with Crippen LogP contribution in [0.5, 0.6) is 0 Å². The lowest BCUT2D eigenvalue weighted by Crippen LogP contribution is -2.69. The fraction of sp³-hybridized carbons (Fsp3) is 0.769. The number of methoxy groups -OCH3 is 1. The Hall–Kier alpha value is -0.820. The number of hydrogen-bond donors (Lipinski definition) is 1. The van der Waals surface area contributed by atoms with Gasteiger partial charge in [0.2, 0.25) is 0 Å². The zero-order valence-corrected chi connectivity index (χ0v) is 21.7. The molecule has 0 radical (unpaired) electrons. The third-order valence-electron chi connectivity index (χ3n) is 9.65. The van der Waals surface area contributed by atoms with Crippen molar-refractivity contribution in [2.45, 2.75) is 76.3 Å². The monoisotopic (exact) mass is 508 g/mol. The predicted octanol–water partition coefficient (Wildman–Crippen LogP) is 4.61. The predicted molar refractivity (Wildman–Crippen MR) is 126 cm³/mol. The lowest BCUT2D eigenvalue weighted by molar-refractivity contribution is -0.217. The number of alkyl halides is 1. The normalized spacial score (nSPS) is 49.8. The average Bonchev–Trinajstić information content (AvgIpc) is 2.96. The molecule has 178 valence electrons. The number of ketones is 2. The minimum absolute atomic E-state index is 0.0176. The van der Waals surface area contributed by atoms with Gasteiger partial charge in [-0.3, -0.25) is 9.59 Å². The number of aliphatic hydroxyl groups is 1. The van der Waals surface area contributed by atoms with E-state index in [0.29, 0.717) is 12.8 Å². The summed E-state index contributed by atoms with van der Waals surface area (Å²) in [5.41, 5.74) is -0.861. The first-order chi connectivity index (χ1) is 14.9. The molecule has 32 heavy (non-hydrogen) atoms. The molecule has 6 heteroatoms. The topological polar surface area (TPSA) is 72.8 Å². The van der Waals surface area contributed by atoms with Crippen LogP contribution in [-0.2, 0) is 19.1 Å². The van der Waals surface area contributed by atoms with Crippen molar-refractivity contribution in [1.82, 2.24) is 0 Å². The Morgan fingerprint density at radius 2 is 1.94 bits per heavy atom. The van der Waals surface area contributed by atoms with Crippen LogP contribution in [0.4, 0.5) is 0 Å². The molecule has 5 nitrogen and oxygen atoms in total. The molecule has 0 amide bonds. The molecular formula is C26H37BrO5. The Bertz CT molecular complexity index is 881. The molecule has 0 aromatic rings. The molecule has 4 aliphatic rings. The average molecular weight is 509 g/mol. The van der Waals surface area contributed by atoms with Gasteiger partial charge in [0, 0.05) is 24.4 Å². The van der Waals surface area contributed by atoms with Gasteiger partial charge in [-0.15, -0.1) is 0 Å². The lowest BCUT2D eigenvalue weighted by Gasteiger charge is -2.65. The first-order valence-corrected chi connectivity index (χ1v) is 12.7. The standard InChI is InChI=1S/C26H37BrO5/c1-7-21(29)26(32-14-31-6)16(3)11-19-20-10-15(2)18-12-17(28)8-9-23(18,4)25(20,27)22(30)13-24(19,26)5/h8-9,12,15-16,19-20,22,30H,7,10-11,13-14H2,1-6H3/t15?,16?,19-,20-,22?,23-,24-,25-,26-/m0/s1. The van der Waals surface area contributed by atoms with Crippen LogP contribution in [0.1, 0.15) is 60.3 Å². The highest BCUT2D eigenvalue weighted by atomic mass is 79.9. The summed E-state index contributed by atoms with van der Waals surface area (Å²) in [5.74, 6) is 0.673. The van der Waals surface area contributed by atoms with Gasteiger partial charge in [0.15, 0.2) is 11.6 Å². The highest BCUT2D eigenvalue weighted by Gasteiger charge is 2.75. The Balaban J connectivity index is 1.86. The zero-order chi connectivity index (χ0) is 23.7. The van der Waals surface area contributed by atoms with Crippen LogP contribution < -0.4 is 0 Å². The summed E-state index contributed by atoms with van der Waals surface area (Å²) in [6, 6.07) is 0. The highest BCUT2D eigenvalue weighted by Crippen LogP contribution is 2.73. The summed E-state index contributed by atoms with van der Waals surface area (Å²) in [6.07, 6.45) is 7.28. The van der Waals surface area contributed by atoms with Crippen LogP contribution in [-0.4, -0.2) is 46.6 Å². The van der Waals surface area contributed by atoms with Gasteiger partial charge in [-0.2, -0.15) is 0 Å². The summed E-state index contributed by atoms with van der Waals surface area (Å²) >= 11 is 4.10. The minimum atomic E-state index is -0.976. The maximum atomic E-state index is 13.5. The second-order valence-corrected chi connectivity index (χ2v) is 12.3. The van der Waals surface area contributed by atoms with Gasteiger partial charge in [-0.05, 0) is 55.1 Å². The summed E-state index contributed by atoms with van der Waals surface area (Å²) < 4.78 is 11.0. The van der Waals surface area contributed by atoms with E-state index in [-0.39, 0.29) is 42.0 Å². The van der Waals surface area contributed by atoms with Gasteiger partial charge < -0.3 is 14.6 Å². The number of Topliss-reactive ketones (excluding diaryl/α,β-unsaturated/α-hetero) is 1. The van der Waals surface area contributed by atoms with E-state index in [0.717, 1.165) is 18.4 Å². The molecule has 0 heterocycles. The number of halogens is 1. The summed E-state index contributed by atoms with van der Waals surface area (Å²) in [5, 5.41) is 11.8. The lowest BCUT2D eigenvalue weighted by atomic mass is 9.44. The fourth-order valence-corrected chi connectivity index (χ4v) is 9.35. The quantitative estimate of drug-likeness (QED) is 0.433. The Morgan fingerprint density at radius 3 is 2.56 bits per heavy atom. The number of carbonyl (C=O) groups excluding carboxylic acids is 2. The van der Waals surface area contributed by atoms with Gasteiger partial charge in [-0.25, -0.2) is 0 Å². The zero-order valence-electron chi connectivity index (χ0n) is 20.1. The van der Waals surface area contributed by atoms with Gasteiger partial charge in [-0.1, -0.05) is 62.2 Å². The van der Waals surface area contributed by atoms with E-state index in [1.54, 1.807) is 19.3 Å². The van der Waals surface area contributed by atoms with E-state index in [9.17, 15) is 14.7 Å². The van der Waals surface area contributed by atoms with Crippen molar-refractivity contribution >= 4 is 27.5 Å². The first-order valence-electron chi connectivity index (χ1n) is 11.9. The van der Waals surface area contributed by atoms with Crippen LogP contribution >= 0.6 is 15.9 Å². The molecule has 1 N–H and O–H groups in total. The molecule has 4 rings (SSSR count). The Labute approximate surface area is 200 Å². The number of aliphatic hydroxyl groups excluding tert-OH is 1. The van der Waals surface area contributed by atoms with Crippen molar-refractivity contribution in [2.75, 3.05) is 13.9 Å². The van der Waals surface area contributed by atoms with Crippen LogP contribution in [0, 0.1) is 34.5 Å². The maximum Gasteiger partial charge on any atom is 0.178 e. The highest BCUT2D eigenvalue weighted by molar-refractivity contribution is 9.10. The summed E-state index contributed by atoms with van der Waals surface area (Å²) in [7, 11) is 1.58. The van der Waals surface area contributed by atoms with Crippen LogP contribution in [0.25, 0.3) is 0 Å². The van der Waals surface area contributed by atoms with Crippen molar-refractivity contribution in [1.29, 1.82) is 0 Å². The molecule has 0 aliphatic heterocycles. The SMILES string of the molecule is CCC(=O)[C@@]1(OCOC)C(C)C[C@H]2[C@@H]3CC(C)C4=CC(=O)C=C[C@]4(C)[C@@]3(Br)C(O)C[C@@]21C. The Kier molecular flexibility index (Phi) is 5.97. The second-order valence-electron chi connectivity index (χ2n) is 11.0. The number of rotatable bonds is 5. The van der Waals surface area contributed by atoms with Gasteiger partial charge in [0.05, 0.1) is 10.4 Å². The van der Waals surface area contributed by atoms with E-state index in [1.165, 1.54) is 0 Å². The van der Waals surface area contributed by atoms with Crippen molar-refractivity contribution in [2.24, 2.45) is 34.5 Å². The number of fused-ring (bicyclic) bond motifs is 5. The smallest absolute Gasteiger partial charge is 0.178 e. The molecule has 0 aromatic carbocycles. The van der Waals surface area contributed by atoms with E-state index in [2.05, 4.69) is 43.6 Å². The molecule has 9 atom stereocenters. The molecule has 0 bridgehead atoms. The minimum Gasteiger partial charge on any atom is -0.392 e. The van der Waals surface area contributed by atoms with Crippen molar-refractivity contribution < 1.29 is 24.2 Å². The fourth-order valence-electron chi connectivity index (χ4n) is 8.32. The van der Waals surface area contributed by atoms with E-state index in [1.807, 2.05) is 13.0 Å². The number of carbonyl (C=O) groups is 2. The maximum absolute atomic E-state index is 13.5. The molecule has 0 spiro atoms. The van der Waals surface area contributed by atoms with Crippen LogP contribution in [0.2, 0.25) is 0 Å². The third kappa shape index (κ3) is 2.79. The molecular weight excluding hydrogens is 472 g/mol.